The Hall–Kier alpha value is -3.61. The number of esters is 1. The minimum Gasteiger partial charge on any atom is -0.466 e. The summed E-state index contributed by atoms with van der Waals surface area (Å²) in [5.74, 6) is -1.12. The van der Waals surface area contributed by atoms with Crippen molar-refractivity contribution in [2.24, 2.45) is 0 Å². The smallest absolute Gasteiger partial charge is 0.311 e. The van der Waals surface area contributed by atoms with Gasteiger partial charge in [0, 0.05) is 17.5 Å². The van der Waals surface area contributed by atoms with Crippen molar-refractivity contribution in [3.05, 3.63) is 65.9 Å². The molecule has 3 rings (SSSR count). The van der Waals surface area contributed by atoms with Crippen LogP contribution in [0.1, 0.15) is 38.7 Å². The minimum atomic E-state index is -0.426. The summed E-state index contributed by atoms with van der Waals surface area (Å²) >= 11 is 0. The number of anilines is 3. The molecule has 7 nitrogen and oxygen atoms in total. The number of ether oxygens (including phenoxy) is 1. The highest BCUT2D eigenvalue weighted by Crippen LogP contribution is 2.30. The number of benzene rings is 2. The maximum atomic E-state index is 12.9. The van der Waals surface area contributed by atoms with E-state index in [9.17, 15) is 14.4 Å². The van der Waals surface area contributed by atoms with Crippen molar-refractivity contribution in [3.8, 4) is 0 Å². The number of carbonyl (C=O) groups excluding carboxylic acids is 3. The summed E-state index contributed by atoms with van der Waals surface area (Å²) in [7, 11) is 0. The molecule has 0 radical (unpaired) electrons. The topological polar surface area (TPSA) is 87.7 Å². The van der Waals surface area contributed by atoms with Crippen LogP contribution in [0.15, 0.2) is 60.3 Å². The molecule has 2 aromatic rings. The first-order valence-corrected chi connectivity index (χ1v) is 10.9. The van der Waals surface area contributed by atoms with E-state index < -0.39 is 5.97 Å². The number of fused-ring (bicyclic) bond motifs is 1. The van der Waals surface area contributed by atoms with Crippen molar-refractivity contribution in [1.29, 1.82) is 0 Å². The number of carbonyl (C=O) groups is 3. The molecule has 0 aromatic heterocycles. The fraction of sp³-hybridized carbons (Fsp3) is 0.320. The van der Waals surface area contributed by atoms with E-state index in [0.717, 1.165) is 19.3 Å². The molecule has 1 aliphatic rings. The van der Waals surface area contributed by atoms with Gasteiger partial charge in [-0.1, -0.05) is 37.6 Å². The van der Waals surface area contributed by atoms with Gasteiger partial charge in [0.05, 0.1) is 24.4 Å². The normalized spacial score (nSPS) is 12.9. The Morgan fingerprint density at radius 3 is 2.53 bits per heavy atom. The molecule has 0 saturated carbocycles. The zero-order chi connectivity index (χ0) is 22.9. The molecule has 0 saturated heterocycles. The number of rotatable bonds is 9. The van der Waals surface area contributed by atoms with Gasteiger partial charge in [-0.15, -0.1) is 0 Å². The highest BCUT2D eigenvalue weighted by atomic mass is 16.5. The van der Waals surface area contributed by atoms with Crippen LogP contribution in [0.25, 0.3) is 0 Å². The van der Waals surface area contributed by atoms with E-state index in [0.29, 0.717) is 22.8 Å². The van der Waals surface area contributed by atoms with Gasteiger partial charge >= 0.3 is 5.97 Å². The van der Waals surface area contributed by atoms with Gasteiger partial charge in [-0.25, -0.2) is 0 Å². The summed E-state index contributed by atoms with van der Waals surface area (Å²) in [6.45, 7) is 3.99. The quantitative estimate of drug-likeness (QED) is 0.575. The Morgan fingerprint density at radius 2 is 1.81 bits per heavy atom. The first kappa shape index (κ1) is 23.1. The number of aryl methyl sites for hydroxylation is 1. The highest BCUT2D eigenvalue weighted by molar-refractivity contribution is 6.10. The molecule has 168 valence electrons. The molecule has 0 fully saturated rings. The third-order valence-electron chi connectivity index (χ3n) is 5.05. The van der Waals surface area contributed by atoms with Crippen LogP contribution in [-0.4, -0.2) is 30.9 Å². The first-order valence-electron chi connectivity index (χ1n) is 10.9. The third kappa shape index (κ3) is 6.20. The van der Waals surface area contributed by atoms with Gasteiger partial charge in [-0.2, -0.15) is 0 Å². The maximum Gasteiger partial charge on any atom is 0.311 e. The lowest BCUT2D eigenvalue weighted by atomic mass is 10.1. The molecule has 0 spiro atoms. The van der Waals surface area contributed by atoms with Crippen LogP contribution in [0.4, 0.5) is 17.1 Å². The van der Waals surface area contributed by atoms with Crippen LogP contribution in [-0.2, 0) is 25.5 Å². The Labute approximate surface area is 188 Å². The Morgan fingerprint density at radius 1 is 1.06 bits per heavy atom. The maximum absolute atomic E-state index is 12.9. The Bertz CT molecular complexity index is 999. The Kier molecular flexibility index (Phi) is 8.02. The van der Waals surface area contributed by atoms with Crippen molar-refractivity contribution in [2.45, 2.75) is 39.5 Å². The molecule has 0 atom stereocenters. The molecule has 2 amide bonds. The van der Waals surface area contributed by atoms with Crippen LogP contribution in [0.5, 0.6) is 0 Å². The average Bonchev–Trinajstić information content (AvgIpc) is 2.89. The summed E-state index contributed by atoms with van der Waals surface area (Å²) in [4.78, 5) is 39.0. The SMILES string of the molecule is CCCCc1ccc(NC(=O)CN2C(=O)C=C(CC(=O)OCC)Nc3ccccc32)cc1. The van der Waals surface area contributed by atoms with Crippen molar-refractivity contribution < 1.29 is 19.1 Å². The van der Waals surface area contributed by atoms with Crippen molar-refractivity contribution in [1.82, 2.24) is 0 Å². The van der Waals surface area contributed by atoms with Gasteiger partial charge in [-0.3, -0.25) is 19.3 Å². The number of nitrogens with zero attached hydrogens (tertiary/aromatic N) is 1. The van der Waals surface area contributed by atoms with Crippen molar-refractivity contribution in [2.75, 3.05) is 28.7 Å². The lowest BCUT2D eigenvalue weighted by molar-refractivity contribution is -0.142. The van der Waals surface area contributed by atoms with Gasteiger partial charge < -0.3 is 15.4 Å². The molecule has 32 heavy (non-hydrogen) atoms. The van der Waals surface area contributed by atoms with E-state index in [2.05, 4.69) is 17.6 Å². The predicted octanol–water partition coefficient (Wildman–Crippen LogP) is 4.26. The van der Waals surface area contributed by atoms with Crippen LogP contribution < -0.4 is 15.5 Å². The molecular weight excluding hydrogens is 406 g/mol. The summed E-state index contributed by atoms with van der Waals surface area (Å²) < 4.78 is 4.99. The van der Waals surface area contributed by atoms with Crippen LogP contribution in [0.3, 0.4) is 0 Å². The lowest BCUT2D eigenvalue weighted by Gasteiger charge is -2.21. The summed E-state index contributed by atoms with van der Waals surface area (Å²) in [6, 6.07) is 14.9. The second-order valence-corrected chi connectivity index (χ2v) is 7.57. The largest absolute Gasteiger partial charge is 0.466 e. The molecule has 0 aliphatic carbocycles. The van der Waals surface area contributed by atoms with E-state index in [1.165, 1.54) is 16.5 Å². The van der Waals surface area contributed by atoms with Crippen molar-refractivity contribution >= 4 is 34.8 Å². The number of amides is 2. The van der Waals surface area contributed by atoms with E-state index in [4.69, 9.17) is 4.74 Å². The molecule has 0 unspecified atom stereocenters. The standard InChI is InChI=1S/C25H29N3O4/c1-3-5-8-18-11-13-19(14-12-18)27-23(29)17-28-22-10-7-6-9-21(22)26-20(15-24(28)30)16-25(31)32-4-2/h6-7,9-15,26H,3-5,8,16-17H2,1-2H3,(H,27,29). The van der Waals surface area contributed by atoms with Crippen molar-refractivity contribution in [3.63, 3.8) is 0 Å². The van der Waals surface area contributed by atoms with E-state index in [1.807, 2.05) is 30.3 Å². The number of nitrogens with one attached hydrogen (secondary N) is 2. The monoisotopic (exact) mass is 435 g/mol. The summed E-state index contributed by atoms with van der Waals surface area (Å²) in [5, 5.41) is 5.98. The van der Waals surface area contributed by atoms with Gasteiger partial charge in [0.25, 0.3) is 5.91 Å². The van der Waals surface area contributed by atoms with Crippen LogP contribution in [0.2, 0.25) is 0 Å². The summed E-state index contributed by atoms with van der Waals surface area (Å²) in [5.41, 5.74) is 3.54. The number of hydrogen-bond acceptors (Lipinski definition) is 5. The van der Waals surface area contributed by atoms with Gasteiger partial charge in [0.15, 0.2) is 0 Å². The third-order valence-corrected chi connectivity index (χ3v) is 5.05. The van der Waals surface area contributed by atoms with E-state index >= 15 is 0 Å². The predicted molar refractivity (Wildman–Crippen MR) is 125 cm³/mol. The molecular formula is C25H29N3O4. The molecule has 7 heteroatoms. The number of para-hydroxylation sites is 2. The fourth-order valence-electron chi connectivity index (χ4n) is 3.48. The number of unbranched alkanes of at least 4 members (excludes halogenated alkanes) is 1. The second-order valence-electron chi connectivity index (χ2n) is 7.57. The van der Waals surface area contributed by atoms with Gasteiger partial charge in [0.2, 0.25) is 5.91 Å². The minimum absolute atomic E-state index is 0.0572. The van der Waals surface area contributed by atoms with Crippen LogP contribution >= 0.6 is 0 Å². The second kappa shape index (κ2) is 11.1. The average molecular weight is 436 g/mol. The highest BCUT2D eigenvalue weighted by Gasteiger charge is 2.25. The van der Waals surface area contributed by atoms with E-state index in [1.54, 1.807) is 25.1 Å². The molecule has 2 aromatic carbocycles. The Balaban J connectivity index is 1.73. The number of hydrogen-bond donors (Lipinski definition) is 2. The van der Waals surface area contributed by atoms with Crippen LogP contribution in [0, 0.1) is 0 Å². The fourth-order valence-corrected chi connectivity index (χ4v) is 3.48. The first-order chi connectivity index (χ1) is 15.5. The zero-order valence-corrected chi connectivity index (χ0v) is 18.5. The zero-order valence-electron chi connectivity index (χ0n) is 18.5. The van der Waals surface area contributed by atoms with E-state index in [-0.39, 0.29) is 31.4 Å². The lowest BCUT2D eigenvalue weighted by Crippen LogP contribution is -2.37. The summed E-state index contributed by atoms with van der Waals surface area (Å²) in [6.07, 6.45) is 4.55. The van der Waals surface area contributed by atoms with Gasteiger partial charge in [0.1, 0.15) is 6.54 Å². The molecule has 2 N–H and O–H groups in total. The molecule has 1 aliphatic heterocycles. The molecule has 1 heterocycles. The molecule has 0 bridgehead atoms. The van der Waals surface area contributed by atoms with Gasteiger partial charge in [-0.05, 0) is 49.6 Å².